The van der Waals surface area contributed by atoms with Crippen LogP contribution < -0.4 is 5.32 Å². The Morgan fingerprint density at radius 1 is 1.44 bits per heavy atom. The lowest BCUT2D eigenvalue weighted by molar-refractivity contribution is 0.0954. The molecular weight excluding hydrogens is 312 g/mol. The first-order chi connectivity index (χ1) is 8.70. The first kappa shape index (κ1) is 13.2. The smallest absolute Gasteiger partial charge is 0.261 e. The van der Waals surface area contributed by atoms with Crippen molar-refractivity contribution in [1.29, 1.82) is 0 Å². The van der Waals surface area contributed by atoms with Crippen LogP contribution in [0.1, 0.15) is 27.9 Å². The lowest BCUT2D eigenvalue weighted by Gasteiger charge is -2.07. The number of aryl methyl sites for hydroxylation is 1. The number of nitrogens with zero attached hydrogens (tertiary/aromatic N) is 1. The first-order valence-corrected chi connectivity index (χ1v) is 7.28. The average Bonchev–Trinajstić information content (AvgIpc) is 2.83. The van der Waals surface area contributed by atoms with E-state index in [2.05, 4.69) is 33.2 Å². The molecule has 94 valence electrons. The summed E-state index contributed by atoms with van der Waals surface area (Å²) in [5.74, 6) is -0.0570. The Morgan fingerprint density at radius 2 is 2.28 bits per heavy atom. The number of carbonyl (C=O) groups excluding carboxylic acids is 1. The minimum Gasteiger partial charge on any atom is -0.346 e. The predicted octanol–water partition coefficient (Wildman–Crippen LogP) is 3.40. The van der Waals surface area contributed by atoms with Gasteiger partial charge < -0.3 is 5.32 Å². The topological polar surface area (TPSA) is 42.0 Å². The molecule has 5 heteroatoms. The number of rotatable bonds is 4. The Labute approximate surface area is 118 Å². The molecule has 2 aromatic heterocycles. The molecule has 0 aliphatic heterocycles. The van der Waals surface area contributed by atoms with E-state index in [1.54, 1.807) is 6.20 Å². The van der Waals surface area contributed by atoms with Crippen molar-refractivity contribution in [2.75, 3.05) is 0 Å². The molecule has 0 atom stereocenters. The molecule has 0 radical (unpaired) electrons. The third-order valence-electron chi connectivity index (χ3n) is 2.58. The van der Waals surface area contributed by atoms with Crippen LogP contribution in [0.3, 0.4) is 0 Å². The fraction of sp³-hybridized carbons (Fsp3) is 0.231. The van der Waals surface area contributed by atoms with Crippen molar-refractivity contribution in [2.45, 2.75) is 19.9 Å². The molecule has 2 rings (SSSR count). The zero-order chi connectivity index (χ0) is 13.0. The van der Waals surface area contributed by atoms with E-state index in [0.717, 1.165) is 15.9 Å². The number of thiophene rings is 1. The molecule has 0 unspecified atom stereocenters. The van der Waals surface area contributed by atoms with E-state index in [0.29, 0.717) is 11.4 Å². The highest BCUT2D eigenvalue weighted by molar-refractivity contribution is 9.11. The number of hydrogen-bond acceptors (Lipinski definition) is 3. The summed E-state index contributed by atoms with van der Waals surface area (Å²) in [5, 5.41) is 2.89. The number of hydrogen-bond donors (Lipinski definition) is 1. The maximum atomic E-state index is 11.9. The van der Waals surface area contributed by atoms with Gasteiger partial charge in [0.05, 0.1) is 20.9 Å². The van der Waals surface area contributed by atoms with Crippen molar-refractivity contribution in [3.05, 3.63) is 50.4 Å². The summed E-state index contributed by atoms with van der Waals surface area (Å²) in [6.45, 7) is 2.55. The Morgan fingerprint density at radius 3 is 2.94 bits per heavy atom. The number of amides is 1. The number of pyridine rings is 1. The summed E-state index contributed by atoms with van der Waals surface area (Å²) in [7, 11) is 0. The maximum absolute atomic E-state index is 11.9. The number of halogens is 1. The lowest BCUT2D eigenvalue weighted by Crippen LogP contribution is -2.23. The highest BCUT2D eigenvalue weighted by Crippen LogP contribution is 2.21. The van der Waals surface area contributed by atoms with Gasteiger partial charge in [-0.2, -0.15) is 0 Å². The van der Waals surface area contributed by atoms with Crippen molar-refractivity contribution in [3.8, 4) is 0 Å². The van der Waals surface area contributed by atoms with Crippen molar-refractivity contribution in [1.82, 2.24) is 10.3 Å². The quantitative estimate of drug-likeness (QED) is 0.936. The molecule has 1 amide bonds. The molecule has 0 aromatic carbocycles. The summed E-state index contributed by atoms with van der Waals surface area (Å²) in [5.41, 5.74) is 2.11. The summed E-state index contributed by atoms with van der Waals surface area (Å²) >= 11 is 4.77. The average molecular weight is 325 g/mol. The highest BCUT2D eigenvalue weighted by atomic mass is 79.9. The maximum Gasteiger partial charge on any atom is 0.261 e. The van der Waals surface area contributed by atoms with Crippen LogP contribution in [0.15, 0.2) is 34.2 Å². The van der Waals surface area contributed by atoms with Crippen molar-refractivity contribution in [2.24, 2.45) is 0 Å². The van der Waals surface area contributed by atoms with Gasteiger partial charge in [-0.25, -0.2) is 0 Å². The predicted molar refractivity (Wildman–Crippen MR) is 76.8 cm³/mol. The van der Waals surface area contributed by atoms with Gasteiger partial charge in [-0.15, -0.1) is 11.3 Å². The van der Waals surface area contributed by atoms with E-state index >= 15 is 0 Å². The third-order valence-corrected chi connectivity index (χ3v) is 4.20. The zero-order valence-electron chi connectivity index (χ0n) is 9.94. The summed E-state index contributed by atoms with van der Waals surface area (Å²) < 4.78 is 0.958. The molecule has 0 saturated heterocycles. The van der Waals surface area contributed by atoms with E-state index in [4.69, 9.17) is 0 Å². The standard InChI is InChI=1S/C13H13BrN2OS/c1-2-9-4-3-7-15-10(9)8-16-13(17)11-5-6-12(14)18-11/h3-7H,2,8H2,1H3,(H,16,17). The van der Waals surface area contributed by atoms with Gasteiger partial charge in [0, 0.05) is 6.20 Å². The molecule has 18 heavy (non-hydrogen) atoms. The number of nitrogens with one attached hydrogen (secondary N) is 1. The van der Waals surface area contributed by atoms with Crippen LogP contribution in [0.2, 0.25) is 0 Å². The van der Waals surface area contributed by atoms with E-state index < -0.39 is 0 Å². The van der Waals surface area contributed by atoms with Gasteiger partial charge in [-0.3, -0.25) is 9.78 Å². The van der Waals surface area contributed by atoms with Gasteiger partial charge in [0.15, 0.2) is 0 Å². The Balaban J connectivity index is 2.01. The van der Waals surface area contributed by atoms with E-state index in [-0.39, 0.29) is 5.91 Å². The Hall–Kier alpha value is -1.20. The molecule has 0 saturated carbocycles. The minimum absolute atomic E-state index is 0.0570. The van der Waals surface area contributed by atoms with Gasteiger partial charge in [0.25, 0.3) is 5.91 Å². The molecule has 0 aliphatic carbocycles. The van der Waals surface area contributed by atoms with E-state index in [1.807, 2.05) is 24.3 Å². The van der Waals surface area contributed by atoms with Gasteiger partial charge in [0.1, 0.15) is 0 Å². The second-order valence-corrected chi connectivity index (χ2v) is 6.21. The van der Waals surface area contributed by atoms with Crippen molar-refractivity contribution in [3.63, 3.8) is 0 Å². The second-order valence-electron chi connectivity index (χ2n) is 3.75. The summed E-state index contributed by atoms with van der Waals surface area (Å²) in [4.78, 5) is 16.9. The molecule has 1 N–H and O–H groups in total. The normalized spacial score (nSPS) is 10.3. The molecule has 3 nitrogen and oxygen atoms in total. The highest BCUT2D eigenvalue weighted by Gasteiger charge is 2.09. The third kappa shape index (κ3) is 3.17. The second kappa shape index (κ2) is 6.11. The number of carbonyl (C=O) groups is 1. The molecule has 2 aromatic rings. The van der Waals surface area contributed by atoms with Gasteiger partial charge in [0.2, 0.25) is 0 Å². The summed E-state index contributed by atoms with van der Waals surface area (Å²) in [6, 6.07) is 7.64. The van der Waals surface area contributed by atoms with Gasteiger partial charge in [-0.05, 0) is 46.1 Å². The van der Waals surface area contributed by atoms with E-state index in [1.165, 1.54) is 16.9 Å². The van der Waals surface area contributed by atoms with E-state index in [9.17, 15) is 4.79 Å². The van der Waals surface area contributed by atoms with Crippen LogP contribution in [-0.2, 0) is 13.0 Å². The molecule has 2 heterocycles. The van der Waals surface area contributed by atoms with Crippen molar-refractivity contribution >= 4 is 33.2 Å². The Bertz CT molecular complexity index is 553. The van der Waals surface area contributed by atoms with Crippen LogP contribution in [0.5, 0.6) is 0 Å². The van der Waals surface area contributed by atoms with Gasteiger partial charge >= 0.3 is 0 Å². The fourth-order valence-corrected chi connectivity index (χ4v) is 2.94. The molecule has 0 bridgehead atoms. The van der Waals surface area contributed by atoms with Gasteiger partial charge in [-0.1, -0.05) is 13.0 Å². The molecule has 0 fully saturated rings. The van der Waals surface area contributed by atoms with Crippen LogP contribution in [-0.4, -0.2) is 10.9 Å². The molecule has 0 aliphatic rings. The molecular formula is C13H13BrN2OS. The SMILES string of the molecule is CCc1cccnc1CNC(=O)c1ccc(Br)s1. The van der Waals surface area contributed by atoms with Crippen molar-refractivity contribution < 1.29 is 4.79 Å². The zero-order valence-corrected chi connectivity index (χ0v) is 12.3. The first-order valence-electron chi connectivity index (χ1n) is 5.67. The van der Waals surface area contributed by atoms with Crippen LogP contribution in [0, 0.1) is 0 Å². The number of aromatic nitrogens is 1. The lowest BCUT2D eigenvalue weighted by atomic mass is 10.1. The van der Waals surface area contributed by atoms with Crippen LogP contribution in [0.4, 0.5) is 0 Å². The Kier molecular flexibility index (Phi) is 4.49. The monoisotopic (exact) mass is 324 g/mol. The van der Waals surface area contributed by atoms with Crippen LogP contribution >= 0.6 is 27.3 Å². The largest absolute Gasteiger partial charge is 0.346 e. The van der Waals surface area contributed by atoms with Crippen LogP contribution in [0.25, 0.3) is 0 Å². The fourth-order valence-electron chi connectivity index (χ4n) is 1.64. The molecule has 0 spiro atoms. The minimum atomic E-state index is -0.0570. The summed E-state index contributed by atoms with van der Waals surface area (Å²) in [6.07, 6.45) is 2.67.